The monoisotopic (exact) mass is 404 g/mol. The second-order valence-corrected chi connectivity index (χ2v) is 9.33. The average molecular weight is 404 g/mol. The van der Waals surface area contributed by atoms with Crippen molar-refractivity contribution < 1.29 is 13.2 Å². The molecule has 0 aromatic carbocycles. The van der Waals surface area contributed by atoms with Crippen molar-refractivity contribution in [3.63, 3.8) is 0 Å². The normalized spacial score (nSPS) is 21.1. The number of nitrogens with one attached hydrogen (secondary N) is 2. The Morgan fingerprint density at radius 2 is 2.00 bits per heavy atom. The molecule has 0 unspecified atom stereocenters. The molecule has 2 aromatic heterocycles. The van der Waals surface area contributed by atoms with Crippen molar-refractivity contribution in [1.82, 2.24) is 9.97 Å². The van der Waals surface area contributed by atoms with Crippen molar-refractivity contribution in [1.29, 1.82) is 0 Å². The SMILES string of the molecule is Cc1cc(C)nc(Nc2cc(N[C@H]3CS(=O)(=O)CC[C@@H]3N)cnc2C(N)=O)c1. The molecule has 1 aliphatic rings. The minimum absolute atomic E-state index is 0.0485. The van der Waals surface area contributed by atoms with E-state index in [1.807, 2.05) is 26.0 Å². The Kier molecular flexibility index (Phi) is 5.52. The van der Waals surface area contributed by atoms with Crippen molar-refractivity contribution in [3.05, 3.63) is 41.3 Å². The smallest absolute Gasteiger partial charge is 0.269 e. The van der Waals surface area contributed by atoms with Crippen LogP contribution in [0.5, 0.6) is 0 Å². The predicted molar refractivity (Wildman–Crippen MR) is 108 cm³/mol. The van der Waals surface area contributed by atoms with Gasteiger partial charge in [-0.05, 0) is 44.0 Å². The van der Waals surface area contributed by atoms with Gasteiger partial charge in [-0.1, -0.05) is 0 Å². The van der Waals surface area contributed by atoms with E-state index in [-0.39, 0.29) is 23.2 Å². The lowest BCUT2D eigenvalue weighted by Gasteiger charge is -2.30. The van der Waals surface area contributed by atoms with Crippen LogP contribution < -0.4 is 22.1 Å². The Labute approximate surface area is 163 Å². The molecular formula is C18H24N6O3S. The van der Waals surface area contributed by atoms with Gasteiger partial charge in [0.05, 0.1) is 35.1 Å². The third-order valence-electron chi connectivity index (χ3n) is 4.55. The molecule has 9 nitrogen and oxygen atoms in total. The largest absolute Gasteiger partial charge is 0.378 e. The quantitative estimate of drug-likeness (QED) is 0.572. The number of nitrogens with two attached hydrogens (primary N) is 2. The number of nitrogens with zero attached hydrogens (tertiary/aromatic N) is 2. The number of hydrogen-bond acceptors (Lipinski definition) is 8. The molecule has 0 radical (unpaired) electrons. The molecule has 0 spiro atoms. The van der Waals surface area contributed by atoms with Gasteiger partial charge in [-0.15, -0.1) is 0 Å². The number of anilines is 3. The standard InChI is InChI=1S/C18H24N6O3S/c1-10-5-11(2)22-16(6-10)24-14-7-12(8-21-17(14)18(20)25)23-15-9-28(26,27)4-3-13(15)19/h5-8,13,15,23H,3-4,9,19H2,1-2H3,(H2,20,25)(H,22,24)/t13-,15-/m0/s1. The summed E-state index contributed by atoms with van der Waals surface area (Å²) in [5.74, 6) is -0.0879. The molecule has 2 aromatic rings. The van der Waals surface area contributed by atoms with E-state index in [4.69, 9.17) is 11.5 Å². The van der Waals surface area contributed by atoms with Gasteiger partial charge in [-0.25, -0.2) is 18.4 Å². The summed E-state index contributed by atoms with van der Waals surface area (Å²) in [5, 5.41) is 6.20. The van der Waals surface area contributed by atoms with Gasteiger partial charge in [0.1, 0.15) is 5.82 Å². The van der Waals surface area contributed by atoms with Crippen LogP contribution in [0, 0.1) is 13.8 Å². The average Bonchev–Trinajstić information content (AvgIpc) is 2.57. The van der Waals surface area contributed by atoms with Crippen molar-refractivity contribution >= 4 is 32.9 Å². The molecule has 150 valence electrons. The van der Waals surface area contributed by atoms with Gasteiger partial charge >= 0.3 is 0 Å². The lowest BCUT2D eigenvalue weighted by Crippen LogP contribution is -2.50. The van der Waals surface area contributed by atoms with Crippen LogP contribution in [0.3, 0.4) is 0 Å². The van der Waals surface area contributed by atoms with Crippen LogP contribution in [-0.4, -0.2) is 47.9 Å². The summed E-state index contributed by atoms with van der Waals surface area (Å²) in [6, 6.07) is 4.69. The Morgan fingerprint density at radius 1 is 1.25 bits per heavy atom. The fraction of sp³-hybridized carbons (Fsp3) is 0.389. The minimum Gasteiger partial charge on any atom is -0.378 e. The number of sulfone groups is 1. The zero-order valence-corrected chi connectivity index (χ0v) is 16.6. The highest BCUT2D eigenvalue weighted by molar-refractivity contribution is 7.91. The maximum Gasteiger partial charge on any atom is 0.269 e. The molecule has 3 rings (SSSR count). The molecule has 1 saturated heterocycles. The third-order valence-corrected chi connectivity index (χ3v) is 6.27. The van der Waals surface area contributed by atoms with Gasteiger partial charge in [-0.3, -0.25) is 4.79 Å². The van der Waals surface area contributed by atoms with Crippen molar-refractivity contribution in [3.8, 4) is 0 Å². The summed E-state index contributed by atoms with van der Waals surface area (Å²) in [6.45, 7) is 3.81. The highest BCUT2D eigenvalue weighted by Crippen LogP contribution is 2.24. The molecule has 10 heteroatoms. The van der Waals surface area contributed by atoms with Gasteiger partial charge < -0.3 is 22.1 Å². The Bertz CT molecular complexity index is 988. The van der Waals surface area contributed by atoms with Crippen LogP contribution in [0.1, 0.15) is 28.2 Å². The molecule has 0 bridgehead atoms. The number of hydrogen-bond donors (Lipinski definition) is 4. The first-order chi connectivity index (χ1) is 13.1. The van der Waals surface area contributed by atoms with Crippen LogP contribution in [0.15, 0.2) is 24.4 Å². The van der Waals surface area contributed by atoms with E-state index in [9.17, 15) is 13.2 Å². The number of carbonyl (C=O) groups is 1. The van der Waals surface area contributed by atoms with Crippen LogP contribution in [0.2, 0.25) is 0 Å². The van der Waals surface area contributed by atoms with Crippen LogP contribution in [0.25, 0.3) is 0 Å². The maximum absolute atomic E-state index is 11.9. The topological polar surface area (TPSA) is 153 Å². The summed E-state index contributed by atoms with van der Waals surface area (Å²) in [4.78, 5) is 20.3. The van der Waals surface area contributed by atoms with Crippen molar-refractivity contribution in [2.45, 2.75) is 32.4 Å². The first kappa shape index (κ1) is 20.0. The summed E-state index contributed by atoms with van der Waals surface area (Å²) in [7, 11) is -3.14. The maximum atomic E-state index is 11.9. The third kappa shape index (κ3) is 4.76. The van der Waals surface area contributed by atoms with Crippen LogP contribution in [0.4, 0.5) is 17.2 Å². The fourth-order valence-corrected chi connectivity index (χ4v) is 4.91. The number of amides is 1. The number of primary amides is 1. The van der Waals surface area contributed by atoms with E-state index >= 15 is 0 Å². The molecule has 2 atom stereocenters. The molecule has 1 fully saturated rings. The lowest BCUT2D eigenvalue weighted by molar-refractivity contribution is 0.0996. The summed E-state index contributed by atoms with van der Waals surface area (Å²) >= 11 is 0. The molecule has 1 amide bonds. The highest BCUT2D eigenvalue weighted by Gasteiger charge is 2.31. The molecule has 0 saturated carbocycles. The van der Waals surface area contributed by atoms with E-state index in [0.29, 0.717) is 23.6 Å². The van der Waals surface area contributed by atoms with Gasteiger partial charge in [0.2, 0.25) is 0 Å². The lowest BCUT2D eigenvalue weighted by atomic mass is 10.1. The second-order valence-electron chi connectivity index (χ2n) is 7.10. The molecule has 6 N–H and O–H groups in total. The number of rotatable bonds is 5. The van der Waals surface area contributed by atoms with Crippen molar-refractivity contribution in [2.75, 3.05) is 22.1 Å². The number of carbonyl (C=O) groups excluding carboxylic acids is 1. The Balaban J connectivity index is 1.90. The van der Waals surface area contributed by atoms with E-state index in [1.54, 1.807) is 6.07 Å². The summed E-state index contributed by atoms with van der Waals surface area (Å²) in [6.07, 6.45) is 1.83. The number of aromatic nitrogens is 2. The Hall–Kier alpha value is -2.72. The first-order valence-electron chi connectivity index (χ1n) is 8.88. The van der Waals surface area contributed by atoms with Gasteiger partial charge in [0.25, 0.3) is 5.91 Å². The molecule has 1 aliphatic heterocycles. The van der Waals surface area contributed by atoms with E-state index < -0.39 is 21.8 Å². The predicted octanol–water partition coefficient (Wildman–Crippen LogP) is 0.862. The van der Waals surface area contributed by atoms with Gasteiger partial charge in [-0.2, -0.15) is 0 Å². The minimum atomic E-state index is -3.14. The summed E-state index contributed by atoms with van der Waals surface area (Å²) in [5.41, 5.74) is 14.3. The number of aryl methyl sites for hydroxylation is 2. The molecule has 0 aliphatic carbocycles. The van der Waals surface area contributed by atoms with E-state index in [0.717, 1.165) is 11.3 Å². The van der Waals surface area contributed by atoms with Crippen molar-refractivity contribution in [2.24, 2.45) is 11.5 Å². The second kappa shape index (κ2) is 7.72. The first-order valence-corrected chi connectivity index (χ1v) is 10.7. The highest BCUT2D eigenvalue weighted by atomic mass is 32.2. The number of pyridine rings is 2. The van der Waals surface area contributed by atoms with Crippen LogP contribution in [-0.2, 0) is 9.84 Å². The molecular weight excluding hydrogens is 380 g/mol. The molecule has 28 heavy (non-hydrogen) atoms. The zero-order valence-electron chi connectivity index (χ0n) is 15.8. The van der Waals surface area contributed by atoms with Gasteiger partial charge in [0, 0.05) is 11.7 Å². The molecule has 3 heterocycles. The van der Waals surface area contributed by atoms with E-state index in [1.165, 1.54) is 6.20 Å². The zero-order chi connectivity index (χ0) is 20.5. The summed E-state index contributed by atoms with van der Waals surface area (Å²) < 4.78 is 23.8. The van der Waals surface area contributed by atoms with Gasteiger partial charge in [0.15, 0.2) is 15.5 Å². The Morgan fingerprint density at radius 3 is 2.68 bits per heavy atom. The van der Waals surface area contributed by atoms with E-state index in [2.05, 4.69) is 20.6 Å². The fourth-order valence-electron chi connectivity index (χ4n) is 3.24. The van der Waals surface area contributed by atoms with Crippen LogP contribution >= 0.6 is 0 Å².